The minimum Gasteiger partial charge on any atom is -0.507 e. The predicted molar refractivity (Wildman–Crippen MR) is 85.2 cm³/mol. The van der Waals surface area contributed by atoms with Gasteiger partial charge in [0.1, 0.15) is 11.6 Å². The lowest BCUT2D eigenvalue weighted by Gasteiger charge is -2.10. The van der Waals surface area contributed by atoms with Crippen molar-refractivity contribution < 1.29 is 23.8 Å². The molecule has 6 nitrogen and oxygen atoms in total. The topological polar surface area (TPSA) is 87.7 Å². The Labute approximate surface area is 142 Å². The molecule has 3 N–H and O–H groups in total. The molecule has 0 spiro atoms. The van der Waals surface area contributed by atoms with Crippen molar-refractivity contribution in [2.45, 2.75) is 6.42 Å². The standard InChI is InChI=1S/C16H14ClFN2O4/c17-12-5-3-6-13(18)10(12)8-9-24-16(23)20-19-15(22)11-4-1-2-7-14(11)21/h1-7,21H,8-9H2,(H,19,22)(H,20,23). The lowest BCUT2D eigenvalue weighted by Crippen LogP contribution is -2.42. The summed E-state index contributed by atoms with van der Waals surface area (Å²) in [6.45, 7) is -0.126. The summed E-state index contributed by atoms with van der Waals surface area (Å²) in [5.41, 5.74) is 4.35. The van der Waals surface area contributed by atoms with Crippen LogP contribution in [0.3, 0.4) is 0 Å². The zero-order chi connectivity index (χ0) is 17.5. The number of hydrogen-bond acceptors (Lipinski definition) is 4. The van der Waals surface area contributed by atoms with Gasteiger partial charge in [-0.15, -0.1) is 0 Å². The van der Waals surface area contributed by atoms with Crippen molar-refractivity contribution in [2.75, 3.05) is 6.61 Å². The van der Waals surface area contributed by atoms with E-state index in [1.54, 1.807) is 12.1 Å². The smallest absolute Gasteiger partial charge is 0.426 e. The molecule has 2 amide bonds. The number of para-hydroxylation sites is 1. The van der Waals surface area contributed by atoms with Gasteiger partial charge >= 0.3 is 6.09 Å². The number of halogens is 2. The Morgan fingerprint density at radius 1 is 1.12 bits per heavy atom. The number of ether oxygens (including phenoxy) is 1. The van der Waals surface area contributed by atoms with Gasteiger partial charge in [-0.05, 0) is 24.3 Å². The Morgan fingerprint density at radius 3 is 2.58 bits per heavy atom. The molecule has 2 aromatic rings. The fourth-order valence-electron chi connectivity index (χ4n) is 1.89. The van der Waals surface area contributed by atoms with Gasteiger partial charge in [0.15, 0.2) is 0 Å². The van der Waals surface area contributed by atoms with Crippen molar-refractivity contribution in [3.8, 4) is 5.75 Å². The molecule has 0 unspecified atom stereocenters. The molecule has 0 atom stereocenters. The lowest BCUT2D eigenvalue weighted by molar-refractivity contribution is 0.0907. The maximum atomic E-state index is 13.5. The number of phenols is 1. The van der Waals surface area contributed by atoms with E-state index < -0.39 is 17.8 Å². The summed E-state index contributed by atoms with van der Waals surface area (Å²) >= 11 is 5.85. The van der Waals surface area contributed by atoms with E-state index in [0.29, 0.717) is 0 Å². The number of rotatable bonds is 4. The molecule has 2 aromatic carbocycles. The summed E-state index contributed by atoms with van der Waals surface area (Å²) < 4.78 is 18.4. The van der Waals surface area contributed by atoms with E-state index in [2.05, 4.69) is 5.43 Å². The third-order valence-corrected chi connectivity index (χ3v) is 3.43. The molecule has 0 aliphatic heterocycles. The van der Waals surface area contributed by atoms with Gasteiger partial charge in [-0.25, -0.2) is 14.6 Å². The Kier molecular flexibility index (Phi) is 5.97. The first-order valence-electron chi connectivity index (χ1n) is 6.93. The summed E-state index contributed by atoms with van der Waals surface area (Å²) in [7, 11) is 0. The minimum absolute atomic E-state index is 0.00376. The maximum Gasteiger partial charge on any atom is 0.426 e. The summed E-state index contributed by atoms with van der Waals surface area (Å²) in [5, 5.41) is 9.76. The molecule has 0 bridgehead atoms. The predicted octanol–water partition coefficient (Wildman–Crippen LogP) is 2.80. The van der Waals surface area contributed by atoms with Crippen LogP contribution in [0.25, 0.3) is 0 Å². The number of benzene rings is 2. The quantitative estimate of drug-likeness (QED) is 0.738. The highest BCUT2D eigenvalue weighted by atomic mass is 35.5. The average Bonchev–Trinajstić information content (AvgIpc) is 2.56. The number of hydrogen-bond donors (Lipinski definition) is 3. The van der Waals surface area contributed by atoms with Gasteiger partial charge in [0.25, 0.3) is 5.91 Å². The van der Waals surface area contributed by atoms with E-state index in [1.165, 1.54) is 30.3 Å². The molecule has 0 saturated carbocycles. The zero-order valence-electron chi connectivity index (χ0n) is 12.4. The van der Waals surface area contributed by atoms with Gasteiger partial charge in [0.2, 0.25) is 0 Å². The average molecular weight is 353 g/mol. The Morgan fingerprint density at radius 2 is 1.88 bits per heavy atom. The zero-order valence-corrected chi connectivity index (χ0v) is 13.1. The lowest BCUT2D eigenvalue weighted by atomic mass is 10.1. The summed E-state index contributed by atoms with van der Waals surface area (Å²) in [4.78, 5) is 23.2. The molecule has 126 valence electrons. The molecule has 8 heteroatoms. The highest BCUT2D eigenvalue weighted by molar-refractivity contribution is 6.31. The van der Waals surface area contributed by atoms with Crippen LogP contribution in [-0.4, -0.2) is 23.7 Å². The van der Waals surface area contributed by atoms with Crippen LogP contribution >= 0.6 is 11.6 Å². The number of aromatic hydroxyl groups is 1. The molecule has 0 aliphatic carbocycles. The van der Waals surface area contributed by atoms with Crippen molar-refractivity contribution in [1.29, 1.82) is 0 Å². The maximum absolute atomic E-state index is 13.5. The van der Waals surface area contributed by atoms with Crippen LogP contribution in [0.4, 0.5) is 9.18 Å². The van der Waals surface area contributed by atoms with Crippen LogP contribution in [0.2, 0.25) is 5.02 Å². The first-order valence-corrected chi connectivity index (χ1v) is 7.31. The molecule has 0 aliphatic rings. The van der Waals surface area contributed by atoms with Crippen molar-refractivity contribution in [3.63, 3.8) is 0 Å². The van der Waals surface area contributed by atoms with Gasteiger partial charge < -0.3 is 9.84 Å². The molecular formula is C16H14ClFN2O4. The van der Waals surface area contributed by atoms with E-state index in [-0.39, 0.29) is 34.9 Å². The van der Waals surface area contributed by atoms with E-state index in [4.69, 9.17) is 16.3 Å². The number of carbonyl (C=O) groups is 2. The van der Waals surface area contributed by atoms with Crippen molar-refractivity contribution in [2.24, 2.45) is 0 Å². The molecule has 0 heterocycles. The first kappa shape index (κ1) is 17.6. The molecule has 2 rings (SSSR count). The van der Waals surface area contributed by atoms with Crippen LogP contribution < -0.4 is 10.9 Å². The van der Waals surface area contributed by atoms with Gasteiger partial charge in [-0.3, -0.25) is 10.2 Å². The van der Waals surface area contributed by atoms with Crippen LogP contribution in [0.5, 0.6) is 5.75 Å². The second-order valence-corrected chi connectivity index (χ2v) is 5.09. The monoisotopic (exact) mass is 352 g/mol. The largest absolute Gasteiger partial charge is 0.507 e. The van der Waals surface area contributed by atoms with E-state index >= 15 is 0 Å². The fraction of sp³-hybridized carbons (Fsp3) is 0.125. The van der Waals surface area contributed by atoms with Crippen LogP contribution in [0.1, 0.15) is 15.9 Å². The second kappa shape index (κ2) is 8.16. The molecule has 0 saturated heterocycles. The summed E-state index contributed by atoms with van der Waals surface area (Å²) in [6.07, 6.45) is -0.835. The highest BCUT2D eigenvalue weighted by Crippen LogP contribution is 2.19. The van der Waals surface area contributed by atoms with E-state index in [1.807, 2.05) is 5.43 Å². The number of carbonyl (C=O) groups excluding carboxylic acids is 2. The number of hydrazine groups is 1. The van der Waals surface area contributed by atoms with Gasteiger partial charge in [0, 0.05) is 17.0 Å². The van der Waals surface area contributed by atoms with Crippen molar-refractivity contribution in [1.82, 2.24) is 10.9 Å². The summed E-state index contributed by atoms with van der Waals surface area (Å²) in [6, 6.07) is 10.1. The summed E-state index contributed by atoms with van der Waals surface area (Å²) in [5.74, 6) is -1.42. The number of phenolic OH excluding ortho intramolecular Hbond substituents is 1. The molecule has 0 radical (unpaired) electrons. The molecule has 0 aromatic heterocycles. The molecule has 24 heavy (non-hydrogen) atoms. The fourth-order valence-corrected chi connectivity index (χ4v) is 2.15. The van der Waals surface area contributed by atoms with Gasteiger partial charge in [-0.2, -0.15) is 0 Å². The highest BCUT2D eigenvalue weighted by Gasteiger charge is 2.12. The SMILES string of the molecule is O=C(NNC(=O)c1ccccc1O)OCCc1c(F)cccc1Cl. The normalized spacial score (nSPS) is 10.1. The second-order valence-electron chi connectivity index (χ2n) is 4.68. The van der Waals surface area contributed by atoms with Crippen molar-refractivity contribution in [3.05, 3.63) is 64.4 Å². The van der Waals surface area contributed by atoms with Gasteiger partial charge in [-0.1, -0.05) is 29.8 Å². The van der Waals surface area contributed by atoms with Crippen LogP contribution in [0.15, 0.2) is 42.5 Å². The number of amides is 2. The van der Waals surface area contributed by atoms with E-state index in [0.717, 1.165) is 0 Å². The number of nitrogens with one attached hydrogen (secondary N) is 2. The van der Waals surface area contributed by atoms with Crippen molar-refractivity contribution >= 4 is 23.6 Å². The van der Waals surface area contributed by atoms with Crippen LogP contribution in [0, 0.1) is 5.82 Å². The van der Waals surface area contributed by atoms with Gasteiger partial charge in [0.05, 0.1) is 12.2 Å². The molecular weight excluding hydrogens is 339 g/mol. The third kappa shape index (κ3) is 4.60. The third-order valence-electron chi connectivity index (χ3n) is 3.07. The Bertz CT molecular complexity index is 734. The Balaban J connectivity index is 1.78. The molecule has 0 fully saturated rings. The minimum atomic E-state index is -0.925. The Hall–Kier alpha value is -2.80. The first-order chi connectivity index (χ1) is 11.5. The van der Waals surface area contributed by atoms with Crippen LogP contribution in [-0.2, 0) is 11.2 Å². The van der Waals surface area contributed by atoms with E-state index in [9.17, 15) is 19.1 Å².